The molecule has 4 aromatic rings. The number of nitrogens with zero attached hydrogens (tertiary/aromatic N) is 5. The van der Waals surface area contributed by atoms with E-state index >= 15 is 0 Å². The van der Waals surface area contributed by atoms with Crippen LogP contribution >= 0.6 is 0 Å². The summed E-state index contributed by atoms with van der Waals surface area (Å²) in [6.45, 7) is 0.795. The Balaban J connectivity index is 1.38. The zero-order chi connectivity index (χ0) is 20.8. The molecule has 4 N–H and O–H groups in total. The van der Waals surface area contributed by atoms with E-state index in [9.17, 15) is 0 Å². The molecule has 0 fully saturated rings. The molecule has 0 atom stereocenters. The second-order valence-corrected chi connectivity index (χ2v) is 6.97. The molecule has 3 aromatic heterocycles. The van der Waals surface area contributed by atoms with E-state index in [-0.39, 0.29) is 5.82 Å². The summed E-state index contributed by atoms with van der Waals surface area (Å²) in [4.78, 5) is 13.6. The van der Waals surface area contributed by atoms with Crippen LogP contribution in [-0.2, 0) is 6.42 Å². The topological polar surface area (TPSA) is 129 Å². The molecular formula is C22H22N8. The number of aromatic amines is 1. The minimum absolute atomic E-state index is 0.272. The number of nitrogens with two attached hydrogens (primary N) is 1. The fourth-order valence-electron chi connectivity index (χ4n) is 3.35. The highest BCUT2D eigenvalue weighted by atomic mass is 15.2. The van der Waals surface area contributed by atoms with Crippen molar-refractivity contribution >= 4 is 22.5 Å². The number of fused-ring (bicyclic) bond motifs is 1. The van der Waals surface area contributed by atoms with Gasteiger partial charge < -0.3 is 11.1 Å². The number of para-hydroxylation sites is 1. The van der Waals surface area contributed by atoms with Crippen molar-refractivity contribution in [3.63, 3.8) is 0 Å². The summed E-state index contributed by atoms with van der Waals surface area (Å²) in [5, 5.41) is 20.3. The molecule has 8 heteroatoms. The maximum absolute atomic E-state index is 9.13. The van der Waals surface area contributed by atoms with Gasteiger partial charge in [0.25, 0.3) is 0 Å². The summed E-state index contributed by atoms with van der Waals surface area (Å²) in [7, 11) is 0. The van der Waals surface area contributed by atoms with Crippen molar-refractivity contribution in [1.29, 1.82) is 5.26 Å². The van der Waals surface area contributed by atoms with Crippen LogP contribution in [0.3, 0.4) is 0 Å². The van der Waals surface area contributed by atoms with E-state index in [0.29, 0.717) is 11.4 Å². The molecule has 0 radical (unpaired) electrons. The molecule has 8 nitrogen and oxygen atoms in total. The molecule has 0 aliphatic carbocycles. The first kappa shape index (κ1) is 19.3. The smallest absolute Gasteiger partial charge is 0.163 e. The first-order valence-electron chi connectivity index (χ1n) is 9.90. The summed E-state index contributed by atoms with van der Waals surface area (Å²) >= 11 is 0. The molecule has 0 unspecified atom stereocenters. The van der Waals surface area contributed by atoms with Crippen LogP contribution in [0.15, 0.2) is 48.8 Å². The summed E-state index contributed by atoms with van der Waals surface area (Å²) in [5.41, 5.74) is 8.73. The van der Waals surface area contributed by atoms with Crippen molar-refractivity contribution < 1.29 is 0 Å². The number of unbranched alkanes of at least 4 members (excludes halogenated alkanes) is 2. The lowest BCUT2D eigenvalue weighted by molar-refractivity contribution is 0.687. The van der Waals surface area contributed by atoms with E-state index in [2.05, 4.69) is 31.6 Å². The largest absolute Gasteiger partial charge is 0.381 e. The Kier molecular flexibility index (Phi) is 5.80. The van der Waals surface area contributed by atoms with Gasteiger partial charge in [0.2, 0.25) is 0 Å². The highest BCUT2D eigenvalue weighted by Crippen LogP contribution is 2.24. The van der Waals surface area contributed by atoms with Gasteiger partial charge in [0.05, 0.1) is 11.2 Å². The van der Waals surface area contributed by atoms with Gasteiger partial charge in [-0.2, -0.15) is 10.4 Å². The standard InChI is InChI=1S/C22H22N8/c23-13-17-19(29-30-20(17)24)10-2-1-5-12-26-22-16-8-3-4-9-18(16)27-21(28-22)15-7-6-11-25-14-15/h3-4,6-9,11,14H,1-2,5,10,12H2,(H3,24,29,30)(H,26,27,28). The molecule has 0 saturated heterocycles. The zero-order valence-electron chi connectivity index (χ0n) is 16.5. The molecule has 0 aliphatic rings. The van der Waals surface area contributed by atoms with Gasteiger partial charge in [0.1, 0.15) is 17.5 Å². The van der Waals surface area contributed by atoms with Crippen molar-refractivity contribution in [3.05, 3.63) is 60.0 Å². The van der Waals surface area contributed by atoms with Gasteiger partial charge in [-0.15, -0.1) is 0 Å². The molecule has 0 amide bonds. The number of aryl methyl sites for hydroxylation is 1. The number of aromatic nitrogens is 5. The van der Waals surface area contributed by atoms with Gasteiger partial charge in [-0.05, 0) is 43.5 Å². The number of hydrogen-bond acceptors (Lipinski definition) is 7. The zero-order valence-corrected chi connectivity index (χ0v) is 16.5. The number of benzene rings is 1. The molecule has 3 heterocycles. The monoisotopic (exact) mass is 398 g/mol. The minimum Gasteiger partial charge on any atom is -0.381 e. The lowest BCUT2D eigenvalue weighted by Gasteiger charge is -2.11. The lowest BCUT2D eigenvalue weighted by Crippen LogP contribution is -2.06. The highest BCUT2D eigenvalue weighted by molar-refractivity contribution is 5.90. The third-order valence-electron chi connectivity index (χ3n) is 4.90. The van der Waals surface area contributed by atoms with Gasteiger partial charge in [-0.25, -0.2) is 9.97 Å². The number of rotatable bonds is 8. The summed E-state index contributed by atoms with van der Waals surface area (Å²) in [6.07, 6.45) is 7.20. The predicted molar refractivity (Wildman–Crippen MR) is 117 cm³/mol. The summed E-state index contributed by atoms with van der Waals surface area (Å²) in [6, 6.07) is 13.9. The van der Waals surface area contributed by atoms with Crippen molar-refractivity contribution in [2.75, 3.05) is 17.6 Å². The SMILES string of the molecule is N#Cc1c(N)n[nH]c1CCCCCNc1nc(-c2cccnc2)nc2ccccc12. The third kappa shape index (κ3) is 4.20. The molecular weight excluding hydrogens is 376 g/mol. The Hall–Kier alpha value is -3.99. The number of anilines is 2. The van der Waals surface area contributed by atoms with E-state index in [1.54, 1.807) is 12.4 Å². The molecule has 0 spiro atoms. The average Bonchev–Trinajstić information content (AvgIpc) is 3.15. The second kappa shape index (κ2) is 9.01. The first-order valence-corrected chi connectivity index (χ1v) is 9.90. The van der Waals surface area contributed by atoms with Crippen LogP contribution in [-0.4, -0.2) is 31.7 Å². The molecule has 0 bridgehead atoms. The van der Waals surface area contributed by atoms with Crippen molar-refractivity contribution in [2.24, 2.45) is 0 Å². The molecule has 30 heavy (non-hydrogen) atoms. The molecule has 1 aromatic carbocycles. The molecule has 4 rings (SSSR count). The van der Waals surface area contributed by atoms with Gasteiger partial charge in [-0.1, -0.05) is 18.6 Å². The van der Waals surface area contributed by atoms with E-state index in [1.807, 2.05) is 36.4 Å². The number of H-pyrrole nitrogens is 1. The average molecular weight is 398 g/mol. The van der Waals surface area contributed by atoms with Crippen LogP contribution in [0.2, 0.25) is 0 Å². The van der Waals surface area contributed by atoms with Crippen LogP contribution in [0.25, 0.3) is 22.3 Å². The molecule has 0 saturated carbocycles. The van der Waals surface area contributed by atoms with Crippen LogP contribution in [0, 0.1) is 11.3 Å². The maximum Gasteiger partial charge on any atom is 0.163 e. The van der Waals surface area contributed by atoms with E-state index in [0.717, 1.165) is 60.2 Å². The van der Waals surface area contributed by atoms with Crippen molar-refractivity contribution in [2.45, 2.75) is 25.7 Å². The van der Waals surface area contributed by atoms with Crippen molar-refractivity contribution in [3.8, 4) is 17.5 Å². The molecule has 150 valence electrons. The fourth-order valence-corrected chi connectivity index (χ4v) is 3.35. The lowest BCUT2D eigenvalue weighted by atomic mass is 10.1. The Morgan fingerprint density at radius 2 is 1.97 bits per heavy atom. The maximum atomic E-state index is 9.13. The summed E-state index contributed by atoms with van der Waals surface area (Å²) in [5.74, 6) is 1.76. The highest BCUT2D eigenvalue weighted by Gasteiger charge is 2.10. The number of pyridine rings is 1. The van der Waals surface area contributed by atoms with E-state index < -0.39 is 0 Å². The van der Waals surface area contributed by atoms with Crippen LogP contribution in [0.5, 0.6) is 0 Å². The Bertz CT molecular complexity index is 1180. The second-order valence-electron chi connectivity index (χ2n) is 6.97. The van der Waals surface area contributed by atoms with Crippen LogP contribution in [0.1, 0.15) is 30.5 Å². The fraction of sp³-hybridized carbons (Fsp3) is 0.227. The number of nitrogens with one attached hydrogen (secondary N) is 2. The first-order chi connectivity index (χ1) is 14.8. The number of hydrogen-bond donors (Lipinski definition) is 3. The van der Waals surface area contributed by atoms with E-state index in [4.69, 9.17) is 16.0 Å². The number of nitrogen functional groups attached to an aromatic ring is 1. The predicted octanol–water partition coefficient (Wildman–Crippen LogP) is 3.69. The van der Waals surface area contributed by atoms with Gasteiger partial charge in [0.15, 0.2) is 11.6 Å². The Labute approximate surface area is 174 Å². The van der Waals surface area contributed by atoms with Gasteiger partial charge in [-0.3, -0.25) is 10.1 Å². The Morgan fingerprint density at radius 1 is 1.07 bits per heavy atom. The summed E-state index contributed by atoms with van der Waals surface area (Å²) < 4.78 is 0. The van der Waals surface area contributed by atoms with E-state index in [1.165, 1.54) is 0 Å². The minimum atomic E-state index is 0.272. The van der Waals surface area contributed by atoms with Gasteiger partial charge >= 0.3 is 0 Å². The van der Waals surface area contributed by atoms with Gasteiger partial charge in [0, 0.05) is 29.9 Å². The van der Waals surface area contributed by atoms with Crippen LogP contribution < -0.4 is 11.1 Å². The number of nitriles is 1. The normalized spacial score (nSPS) is 10.8. The molecule has 0 aliphatic heterocycles. The Morgan fingerprint density at radius 3 is 2.80 bits per heavy atom. The quantitative estimate of drug-likeness (QED) is 0.386. The van der Waals surface area contributed by atoms with Crippen molar-refractivity contribution in [1.82, 2.24) is 25.1 Å². The third-order valence-corrected chi connectivity index (χ3v) is 4.90. The van der Waals surface area contributed by atoms with Crippen LogP contribution in [0.4, 0.5) is 11.6 Å².